The summed E-state index contributed by atoms with van der Waals surface area (Å²) in [6.07, 6.45) is 0. The van der Waals surface area contributed by atoms with Crippen LogP contribution in [0.1, 0.15) is 0 Å². The summed E-state index contributed by atoms with van der Waals surface area (Å²) in [6, 6.07) is 95.8. The minimum atomic E-state index is 1.08. The van der Waals surface area contributed by atoms with Gasteiger partial charge in [-0.25, -0.2) is 0 Å². The molecule has 71 heavy (non-hydrogen) atoms. The van der Waals surface area contributed by atoms with Gasteiger partial charge in [-0.15, -0.1) is 0 Å². The van der Waals surface area contributed by atoms with Crippen molar-refractivity contribution in [3.63, 3.8) is 0 Å². The van der Waals surface area contributed by atoms with Crippen molar-refractivity contribution in [1.82, 2.24) is 22.8 Å². The van der Waals surface area contributed by atoms with E-state index in [2.05, 4.69) is 284 Å². The van der Waals surface area contributed by atoms with Gasteiger partial charge in [0, 0.05) is 82.8 Å². The zero-order chi connectivity index (χ0) is 46.6. The number of hydrogen-bond donors (Lipinski definition) is 0. The summed E-state index contributed by atoms with van der Waals surface area (Å²) >= 11 is 0. The molecule has 0 aliphatic heterocycles. The second-order valence-corrected chi connectivity index (χ2v) is 18.6. The Morgan fingerprint density at radius 2 is 0.493 bits per heavy atom. The van der Waals surface area contributed by atoms with E-state index in [0.717, 1.165) is 72.3 Å². The van der Waals surface area contributed by atoms with E-state index in [1.807, 2.05) is 0 Å². The summed E-state index contributed by atoms with van der Waals surface area (Å²) in [6.45, 7) is 0. The van der Waals surface area contributed by atoms with Crippen molar-refractivity contribution in [3.8, 4) is 28.4 Å². The molecule has 15 rings (SSSR count). The Bertz CT molecular complexity index is 4400. The molecule has 0 aliphatic rings. The first kappa shape index (κ1) is 39.4. The van der Waals surface area contributed by atoms with E-state index < -0.39 is 0 Å². The molecule has 0 saturated carbocycles. The number of nitrogens with zero attached hydrogens (tertiary/aromatic N) is 5. The van der Waals surface area contributed by atoms with Crippen LogP contribution in [0.4, 0.5) is 0 Å². The van der Waals surface area contributed by atoms with Crippen molar-refractivity contribution in [2.24, 2.45) is 0 Å². The quantitative estimate of drug-likeness (QED) is 0.164. The molecule has 0 amide bonds. The fourth-order valence-electron chi connectivity index (χ4n) is 11.6. The van der Waals surface area contributed by atoms with Crippen LogP contribution in [0, 0.1) is 0 Å². The van der Waals surface area contributed by atoms with Crippen LogP contribution in [0.15, 0.2) is 261 Å². The minimum absolute atomic E-state index is 1.08. The third kappa shape index (κ3) is 6.06. The van der Waals surface area contributed by atoms with Gasteiger partial charge >= 0.3 is 0 Å². The van der Waals surface area contributed by atoms with Crippen LogP contribution in [-0.4, -0.2) is 22.8 Å². The molecule has 0 saturated heterocycles. The molecule has 15 aromatic rings. The lowest BCUT2D eigenvalue weighted by Crippen LogP contribution is -1.98. The van der Waals surface area contributed by atoms with Gasteiger partial charge in [-0.1, -0.05) is 115 Å². The van der Waals surface area contributed by atoms with Crippen LogP contribution < -0.4 is 0 Å². The molecule has 0 aliphatic carbocycles. The molecular weight excluding hydrogens is 863 g/mol. The minimum Gasteiger partial charge on any atom is -0.310 e. The summed E-state index contributed by atoms with van der Waals surface area (Å²) in [4.78, 5) is 0. The van der Waals surface area contributed by atoms with Crippen molar-refractivity contribution >= 4 is 98.3 Å². The Morgan fingerprint density at radius 3 is 0.901 bits per heavy atom. The molecule has 4 heterocycles. The van der Waals surface area contributed by atoms with Gasteiger partial charge in [-0.05, 0) is 156 Å². The molecule has 8 bridgehead atoms. The summed E-state index contributed by atoms with van der Waals surface area (Å²) < 4.78 is 12.1. The van der Waals surface area contributed by atoms with Crippen molar-refractivity contribution < 1.29 is 0 Å². The SMILES string of the molecule is c1ccc(-n2c3ccccc3c3cc(-n4c5cccc(c5)c5cccc(c5)n(-c5ccc6c(c5)c5ccccc5n6-c5ccccc5)c5ccc6c(c5)c5cc4ccc5n6-c4ccccc4)ccc32)cc1. The Kier molecular flexibility index (Phi) is 8.59. The molecular formula is C66H43N5. The van der Waals surface area contributed by atoms with Crippen LogP contribution in [0.25, 0.3) is 127 Å². The molecule has 11 aromatic carbocycles. The van der Waals surface area contributed by atoms with Crippen LogP contribution >= 0.6 is 0 Å². The standard InChI is InChI=1S/C66H43N5/c1-4-18-46(19-5-1)69-61-28-12-10-26-55(61)57-40-51(30-34-63(57)69)67-49-24-14-16-44(38-49)45-17-15-25-50(39-45)68(52-31-35-64-58(41-52)56-27-11-13-29-62(56)70(64)47-20-6-2-7-21-47)54-33-37-66-60(43-54)59-42-53(67)32-36-65(59)71(66)48-22-8-3-9-23-48/h1-43H. The van der Waals surface area contributed by atoms with Gasteiger partial charge < -0.3 is 22.8 Å². The van der Waals surface area contributed by atoms with Gasteiger partial charge in [0.15, 0.2) is 0 Å². The molecule has 0 unspecified atom stereocenters. The number of aromatic nitrogens is 5. The maximum Gasteiger partial charge on any atom is 0.0542 e. The van der Waals surface area contributed by atoms with Gasteiger partial charge in [-0.2, -0.15) is 0 Å². The van der Waals surface area contributed by atoms with E-state index in [1.54, 1.807) is 0 Å². The lowest BCUT2D eigenvalue weighted by molar-refractivity contribution is 1.15. The highest BCUT2D eigenvalue weighted by molar-refractivity contribution is 6.14. The van der Waals surface area contributed by atoms with E-state index in [0.29, 0.717) is 0 Å². The Morgan fingerprint density at radius 1 is 0.169 bits per heavy atom. The normalized spacial score (nSPS) is 11.9. The van der Waals surface area contributed by atoms with Crippen LogP contribution in [0.5, 0.6) is 0 Å². The van der Waals surface area contributed by atoms with Crippen LogP contribution in [-0.2, 0) is 0 Å². The third-order valence-corrected chi connectivity index (χ3v) is 14.7. The number of para-hydroxylation sites is 5. The molecule has 5 nitrogen and oxygen atoms in total. The van der Waals surface area contributed by atoms with Gasteiger partial charge in [0.2, 0.25) is 0 Å². The van der Waals surface area contributed by atoms with E-state index in [9.17, 15) is 0 Å². The second kappa shape index (κ2) is 15.5. The van der Waals surface area contributed by atoms with Gasteiger partial charge in [-0.3, -0.25) is 0 Å². The number of fused-ring (bicyclic) bond motifs is 13. The van der Waals surface area contributed by atoms with E-state index >= 15 is 0 Å². The van der Waals surface area contributed by atoms with Crippen molar-refractivity contribution in [2.75, 3.05) is 0 Å². The molecule has 0 radical (unpaired) electrons. The fourth-order valence-corrected chi connectivity index (χ4v) is 11.6. The monoisotopic (exact) mass is 905 g/mol. The van der Waals surface area contributed by atoms with Gasteiger partial charge in [0.05, 0.1) is 33.1 Å². The predicted octanol–water partition coefficient (Wildman–Crippen LogP) is 17.1. The van der Waals surface area contributed by atoms with Crippen LogP contribution in [0.2, 0.25) is 0 Å². The maximum absolute atomic E-state index is 2.44. The summed E-state index contributed by atoms with van der Waals surface area (Å²) in [5.74, 6) is 0. The molecule has 4 aromatic heterocycles. The summed E-state index contributed by atoms with van der Waals surface area (Å²) in [5.41, 5.74) is 17.0. The average Bonchev–Trinajstić information content (AvgIpc) is 4.07. The maximum atomic E-state index is 2.44. The number of hydrogen-bond acceptors (Lipinski definition) is 0. The highest BCUT2D eigenvalue weighted by atomic mass is 15.0. The molecule has 0 N–H and O–H groups in total. The smallest absolute Gasteiger partial charge is 0.0542 e. The topological polar surface area (TPSA) is 24.6 Å². The van der Waals surface area contributed by atoms with E-state index in [-0.39, 0.29) is 0 Å². The highest BCUT2D eigenvalue weighted by Crippen LogP contribution is 2.39. The lowest BCUT2D eigenvalue weighted by Gasteiger charge is -2.14. The average molecular weight is 906 g/mol. The first-order valence-electron chi connectivity index (χ1n) is 24.3. The first-order valence-corrected chi connectivity index (χ1v) is 24.3. The lowest BCUT2D eigenvalue weighted by atomic mass is 10.1. The molecule has 0 atom stereocenters. The first-order chi connectivity index (χ1) is 35.2. The number of benzene rings is 11. The van der Waals surface area contributed by atoms with E-state index in [4.69, 9.17) is 0 Å². The molecule has 5 heteroatoms. The zero-order valence-electron chi connectivity index (χ0n) is 38.6. The van der Waals surface area contributed by atoms with Crippen LogP contribution in [0.3, 0.4) is 0 Å². The molecule has 0 fully saturated rings. The number of rotatable bonds is 5. The Balaban J connectivity index is 1.06. The molecule has 0 spiro atoms. The molecule has 332 valence electrons. The van der Waals surface area contributed by atoms with Crippen molar-refractivity contribution in [3.05, 3.63) is 261 Å². The highest BCUT2D eigenvalue weighted by Gasteiger charge is 2.18. The Hall–Kier alpha value is -9.58. The van der Waals surface area contributed by atoms with Crippen molar-refractivity contribution in [2.45, 2.75) is 0 Å². The predicted molar refractivity (Wildman–Crippen MR) is 298 cm³/mol. The van der Waals surface area contributed by atoms with E-state index in [1.165, 1.54) is 54.4 Å². The second-order valence-electron chi connectivity index (χ2n) is 18.6. The third-order valence-electron chi connectivity index (χ3n) is 14.7. The van der Waals surface area contributed by atoms with Gasteiger partial charge in [0.1, 0.15) is 0 Å². The van der Waals surface area contributed by atoms with Crippen molar-refractivity contribution in [1.29, 1.82) is 0 Å². The van der Waals surface area contributed by atoms with Gasteiger partial charge in [0.25, 0.3) is 0 Å². The Labute approximate surface area is 408 Å². The zero-order valence-corrected chi connectivity index (χ0v) is 38.6. The summed E-state index contributed by atoms with van der Waals surface area (Å²) in [7, 11) is 0. The summed E-state index contributed by atoms with van der Waals surface area (Å²) in [5, 5.41) is 9.50. The largest absolute Gasteiger partial charge is 0.310 e. The fraction of sp³-hybridized carbons (Fsp3) is 0.